The largest absolute Gasteiger partial charge is 0.338 e. The van der Waals surface area contributed by atoms with Crippen molar-refractivity contribution < 1.29 is 4.79 Å². The summed E-state index contributed by atoms with van der Waals surface area (Å²) in [6.45, 7) is 5.45. The van der Waals surface area contributed by atoms with E-state index in [-0.39, 0.29) is 11.9 Å². The van der Waals surface area contributed by atoms with Gasteiger partial charge in [0.15, 0.2) is 0 Å². The summed E-state index contributed by atoms with van der Waals surface area (Å²) in [5.74, 6) is 0.761. The molecule has 0 bridgehead atoms. The molecule has 27 heavy (non-hydrogen) atoms. The Hall–Kier alpha value is -2.98. The Morgan fingerprint density at radius 3 is 2.44 bits per heavy atom. The van der Waals surface area contributed by atoms with Crippen molar-refractivity contribution in [3.8, 4) is 6.07 Å². The molecule has 0 saturated carbocycles. The summed E-state index contributed by atoms with van der Waals surface area (Å²) in [4.78, 5) is 27.8. The van der Waals surface area contributed by atoms with Crippen molar-refractivity contribution in [1.82, 2.24) is 14.9 Å². The summed E-state index contributed by atoms with van der Waals surface area (Å²) in [7, 11) is 0. The fourth-order valence-corrected chi connectivity index (χ4v) is 3.28. The number of hydrogen-bond acceptors (Lipinski definition) is 6. The molecule has 1 aliphatic heterocycles. The van der Waals surface area contributed by atoms with Gasteiger partial charge in [0.05, 0.1) is 18.5 Å². The first-order chi connectivity index (χ1) is 13.2. The van der Waals surface area contributed by atoms with E-state index in [2.05, 4.69) is 25.8 Å². The topological polar surface area (TPSA) is 76.4 Å². The number of para-hydroxylation sites is 1. The first-order valence-corrected chi connectivity index (χ1v) is 9.20. The van der Waals surface area contributed by atoms with E-state index in [0.717, 1.165) is 37.8 Å². The molecule has 0 unspecified atom stereocenters. The van der Waals surface area contributed by atoms with Gasteiger partial charge in [-0.1, -0.05) is 18.2 Å². The smallest absolute Gasteiger partial charge is 0.244 e. The number of nitriles is 1. The van der Waals surface area contributed by atoms with Crippen LogP contribution in [0.4, 0.5) is 11.6 Å². The Balaban J connectivity index is 1.64. The lowest BCUT2D eigenvalue weighted by atomic mass is 10.1. The molecule has 0 N–H and O–H groups in total. The normalized spacial score (nSPS) is 15.8. The van der Waals surface area contributed by atoms with Gasteiger partial charge in [0, 0.05) is 50.8 Å². The molecular weight excluding hydrogens is 340 g/mol. The number of amides is 1. The second-order valence-electron chi connectivity index (χ2n) is 6.48. The predicted octanol–water partition coefficient (Wildman–Crippen LogP) is 1.93. The minimum atomic E-state index is -0.247. The van der Waals surface area contributed by atoms with Crippen LogP contribution in [-0.4, -0.2) is 59.5 Å². The molecule has 1 aliphatic rings. The summed E-state index contributed by atoms with van der Waals surface area (Å²) >= 11 is 0. The summed E-state index contributed by atoms with van der Waals surface area (Å²) in [5.41, 5.74) is 0.834. The number of anilines is 2. The van der Waals surface area contributed by atoms with E-state index in [1.165, 1.54) is 0 Å². The van der Waals surface area contributed by atoms with Crippen LogP contribution in [0.5, 0.6) is 0 Å². The third kappa shape index (κ3) is 4.60. The second kappa shape index (κ2) is 9.10. The van der Waals surface area contributed by atoms with E-state index in [0.29, 0.717) is 13.0 Å². The number of carbonyl (C=O) groups excluding carboxylic acids is 1. The minimum absolute atomic E-state index is 0.0286. The van der Waals surface area contributed by atoms with Gasteiger partial charge >= 0.3 is 0 Å². The summed E-state index contributed by atoms with van der Waals surface area (Å²) in [6.07, 6.45) is 3.80. The van der Waals surface area contributed by atoms with Gasteiger partial charge in [0.2, 0.25) is 11.9 Å². The van der Waals surface area contributed by atoms with E-state index in [4.69, 9.17) is 5.26 Å². The van der Waals surface area contributed by atoms with Crippen molar-refractivity contribution in [3.05, 3.63) is 48.8 Å². The number of piperazine rings is 1. The highest BCUT2D eigenvalue weighted by molar-refractivity contribution is 5.97. The van der Waals surface area contributed by atoms with E-state index in [9.17, 15) is 4.79 Å². The quantitative estimate of drug-likeness (QED) is 0.780. The van der Waals surface area contributed by atoms with E-state index < -0.39 is 0 Å². The average molecular weight is 364 g/mol. The molecule has 1 fully saturated rings. The van der Waals surface area contributed by atoms with Crippen LogP contribution in [0.2, 0.25) is 0 Å². The summed E-state index contributed by atoms with van der Waals surface area (Å²) in [6, 6.07) is 13.3. The molecule has 7 heteroatoms. The fourth-order valence-electron chi connectivity index (χ4n) is 3.28. The van der Waals surface area contributed by atoms with Crippen LogP contribution in [0.3, 0.4) is 0 Å². The first-order valence-electron chi connectivity index (χ1n) is 9.20. The van der Waals surface area contributed by atoms with Crippen LogP contribution >= 0.6 is 0 Å². The van der Waals surface area contributed by atoms with Gasteiger partial charge in [0.25, 0.3) is 0 Å². The Labute approximate surface area is 159 Å². The molecule has 1 amide bonds. The third-order valence-corrected chi connectivity index (χ3v) is 4.84. The van der Waals surface area contributed by atoms with Crippen LogP contribution in [0.25, 0.3) is 0 Å². The maximum Gasteiger partial charge on any atom is 0.244 e. The third-order valence-electron chi connectivity index (χ3n) is 4.84. The van der Waals surface area contributed by atoms with Crippen LogP contribution in [-0.2, 0) is 4.79 Å². The molecule has 2 aromatic rings. The highest BCUT2D eigenvalue weighted by Crippen LogP contribution is 2.18. The molecule has 0 spiro atoms. The van der Waals surface area contributed by atoms with Crippen LogP contribution in [0, 0.1) is 11.3 Å². The van der Waals surface area contributed by atoms with E-state index in [1.807, 2.05) is 37.3 Å². The Morgan fingerprint density at radius 2 is 1.81 bits per heavy atom. The van der Waals surface area contributed by atoms with Crippen molar-refractivity contribution in [1.29, 1.82) is 5.26 Å². The number of benzene rings is 1. The fraction of sp³-hybridized carbons (Fsp3) is 0.400. The Bertz CT molecular complexity index is 768. The molecule has 1 aromatic carbocycles. The molecule has 1 atom stereocenters. The zero-order valence-corrected chi connectivity index (χ0v) is 15.5. The highest BCUT2D eigenvalue weighted by Gasteiger charge is 2.29. The molecule has 2 heterocycles. The van der Waals surface area contributed by atoms with Gasteiger partial charge in [0.1, 0.15) is 0 Å². The summed E-state index contributed by atoms with van der Waals surface area (Å²) < 4.78 is 0. The van der Waals surface area contributed by atoms with Gasteiger partial charge in [-0.05, 0) is 25.1 Å². The summed E-state index contributed by atoms with van der Waals surface area (Å²) in [5, 5.41) is 8.95. The van der Waals surface area contributed by atoms with Gasteiger partial charge in [-0.15, -0.1) is 0 Å². The van der Waals surface area contributed by atoms with Gasteiger partial charge in [-0.2, -0.15) is 5.26 Å². The molecule has 1 aromatic heterocycles. The molecule has 3 rings (SSSR count). The number of rotatable bonds is 6. The number of nitrogens with zero attached hydrogens (tertiary/aromatic N) is 6. The SMILES string of the molecule is C[C@@H](C(=O)N(CCC#N)c1ccccc1)N1CCN(c2ncccn2)CC1. The van der Waals surface area contributed by atoms with Crippen LogP contribution < -0.4 is 9.80 Å². The zero-order valence-electron chi connectivity index (χ0n) is 15.5. The lowest BCUT2D eigenvalue weighted by Crippen LogP contribution is -2.55. The lowest BCUT2D eigenvalue weighted by molar-refractivity contribution is -0.123. The van der Waals surface area contributed by atoms with Crippen LogP contribution in [0.15, 0.2) is 48.8 Å². The first kappa shape index (κ1) is 18.8. The van der Waals surface area contributed by atoms with E-state index in [1.54, 1.807) is 23.4 Å². The zero-order chi connectivity index (χ0) is 19.1. The minimum Gasteiger partial charge on any atom is -0.338 e. The highest BCUT2D eigenvalue weighted by atomic mass is 16.2. The second-order valence-corrected chi connectivity index (χ2v) is 6.48. The van der Waals surface area contributed by atoms with Crippen molar-refractivity contribution in [2.24, 2.45) is 0 Å². The molecular formula is C20H24N6O. The Morgan fingerprint density at radius 1 is 1.15 bits per heavy atom. The lowest BCUT2D eigenvalue weighted by Gasteiger charge is -2.38. The van der Waals surface area contributed by atoms with Gasteiger partial charge in [-0.3, -0.25) is 9.69 Å². The maximum atomic E-state index is 13.1. The number of hydrogen-bond donors (Lipinski definition) is 0. The van der Waals surface area contributed by atoms with Gasteiger partial charge < -0.3 is 9.80 Å². The van der Waals surface area contributed by atoms with Crippen molar-refractivity contribution in [3.63, 3.8) is 0 Å². The van der Waals surface area contributed by atoms with Crippen LogP contribution in [0.1, 0.15) is 13.3 Å². The van der Waals surface area contributed by atoms with Gasteiger partial charge in [-0.25, -0.2) is 9.97 Å². The molecule has 0 radical (unpaired) electrons. The number of aromatic nitrogens is 2. The maximum absolute atomic E-state index is 13.1. The molecule has 140 valence electrons. The van der Waals surface area contributed by atoms with Crippen molar-refractivity contribution in [2.75, 3.05) is 42.5 Å². The Kier molecular flexibility index (Phi) is 6.34. The van der Waals surface area contributed by atoms with Crippen molar-refractivity contribution >= 4 is 17.5 Å². The van der Waals surface area contributed by atoms with Crippen molar-refractivity contribution in [2.45, 2.75) is 19.4 Å². The van der Waals surface area contributed by atoms with E-state index >= 15 is 0 Å². The average Bonchev–Trinajstić information content (AvgIpc) is 2.75. The standard InChI is InChI=1S/C20H24N6O/c1-17(19(27)26(12-5-9-21)18-7-3-2-4-8-18)24-13-15-25(16-14-24)20-22-10-6-11-23-20/h2-4,6-8,10-11,17H,5,12-16H2,1H3/t17-/m0/s1. The predicted molar refractivity (Wildman–Crippen MR) is 104 cm³/mol. The monoisotopic (exact) mass is 364 g/mol. The number of carbonyl (C=O) groups is 1. The molecule has 7 nitrogen and oxygen atoms in total. The molecule has 0 aliphatic carbocycles. The molecule has 1 saturated heterocycles.